The molecule has 2 aromatic carbocycles. The second kappa shape index (κ2) is 7.47. The minimum Gasteiger partial charge on any atom is -0.322 e. The first-order chi connectivity index (χ1) is 13.9. The molecule has 29 heavy (non-hydrogen) atoms. The second-order valence-electron chi connectivity index (χ2n) is 7.25. The summed E-state index contributed by atoms with van der Waals surface area (Å²) in [6.07, 6.45) is 1.67. The van der Waals surface area contributed by atoms with E-state index in [-0.39, 0.29) is 17.8 Å². The lowest BCUT2D eigenvalue weighted by Crippen LogP contribution is -2.14. The summed E-state index contributed by atoms with van der Waals surface area (Å²) in [7, 11) is 0. The van der Waals surface area contributed by atoms with Crippen LogP contribution in [0.15, 0.2) is 60.8 Å². The molecule has 0 spiro atoms. The molecular formula is C23H21FN4O. The van der Waals surface area contributed by atoms with Crippen LogP contribution in [0.2, 0.25) is 0 Å². The number of hydrogen-bond donors (Lipinski definition) is 1. The van der Waals surface area contributed by atoms with E-state index in [9.17, 15) is 9.18 Å². The van der Waals surface area contributed by atoms with Crippen LogP contribution >= 0.6 is 0 Å². The predicted molar refractivity (Wildman–Crippen MR) is 112 cm³/mol. The average Bonchev–Trinajstić information content (AvgIpc) is 3.14. The zero-order chi connectivity index (χ0) is 20.5. The Morgan fingerprint density at radius 3 is 2.55 bits per heavy atom. The van der Waals surface area contributed by atoms with Crippen LogP contribution in [0.5, 0.6) is 0 Å². The number of halogens is 1. The molecule has 6 heteroatoms. The maximum Gasteiger partial charge on any atom is 0.256 e. The molecule has 0 atom stereocenters. The van der Waals surface area contributed by atoms with Gasteiger partial charge in [-0.15, -0.1) is 0 Å². The minimum absolute atomic E-state index is 0.0984. The second-order valence-corrected chi connectivity index (χ2v) is 7.25. The Bertz CT molecular complexity index is 1200. The summed E-state index contributed by atoms with van der Waals surface area (Å²) in [5, 5.41) is 8.00. The average molecular weight is 388 g/mol. The fraction of sp³-hybridized carbons (Fsp3) is 0.174. The van der Waals surface area contributed by atoms with Gasteiger partial charge >= 0.3 is 0 Å². The molecule has 0 unspecified atom stereocenters. The maximum absolute atomic E-state index is 13.4. The highest BCUT2D eigenvalue weighted by atomic mass is 19.1. The zero-order valence-corrected chi connectivity index (χ0v) is 16.5. The van der Waals surface area contributed by atoms with Gasteiger partial charge in [0.05, 0.1) is 22.8 Å². The highest BCUT2D eigenvalue weighted by Gasteiger charge is 2.19. The molecule has 0 aliphatic heterocycles. The third-order valence-corrected chi connectivity index (χ3v) is 4.81. The molecule has 2 aromatic heterocycles. The van der Waals surface area contributed by atoms with Gasteiger partial charge in [0.2, 0.25) is 0 Å². The van der Waals surface area contributed by atoms with E-state index >= 15 is 0 Å². The summed E-state index contributed by atoms with van der Waals surface area (Å²) < 4.78 is 15.2. The van der Waals surface area contributed by atoms with Gasteiger partial charge in [-0.25, -0.2) is 14.1 Å². The van der Waals surface area contributed by atoms with E-state index in [0.29, 0.717) is 33.5 Å². The highest BCUT2D eigenvalue weighted by Crippen LogP contribution is 2.27. The smallest absolute Gasteiger partial charge is 0.256 e. The van der Waals surface area contributed by atoms with Crippen LogP contribution in [0.3, 0.4) is 0 Å². The topological polar surface area (TPSA) is 59.8 Å². The van der Waals surface area contributed by atoms with Gasteiger partial charge in [0, 0.05) is 17.3 Å². The largest absolute Gasteiger partial charge is 0.322 e. The van der Waals surface area contributed by atoms with Gasteiger partial charge in [0.25, 0.3) is 5.91 Å². The van der Waals surface area contributed by atoms with Gasteiger partial charge in [0.15, 0.2) is 5.65 Å². The van der Waals surface area contributed by atoms with Crippen molar-refractivity contribution in [1.29, 1.82) is 0 Å². The molecule has 0 bridgehead atoms. The number of carbonyl (C=O) groups is 1. The summed E-state index contributed by atoms with van der Waals surface area (Å²) in [4.78, 5) is 17.9. The van der Waals surface area contributed by atoms with E-state index < -0.39 is 0 Å². The lowest BCUT2D eigenvalue weighted by atomic mass is 10.1. The minimum atomic E-state index is -0.337. The van der Waals surface area contributed by atoms with Crippen molar-refractivity contribution in [1.82, 2.24) is 14.8 Å². The van der Waals surface area contributed by atoms with Crippen LogP contribution in [0.1, 0.15) is 35.8 Å². The third kappa shape index (κ3) is 3.61. The first-order valence-electron chi connectivity index (χ1n) is 9.45. The van der Waals surface area contributed by atoms with Gasteiger partial charge in [-0.3, -0.25) is 4.79 Å². The van der Waals surface area contributed by atoms with Gasteiger partial charge < -0.3 is 5.32 Å². The highest BCUT2D eigenvalue weighted by molar-refractivity contribution is 6.12. The van der Waals surface area contributed by atoms with Gasteiger partial charge in [-0.2, -0.15) is 5.10 Å². The molecular weight excluding hydrogens is 367 g/mol. The normalized spacial score (nSPS) is 11.2. The number of aromatic nitrogens is 3. The number of aryl methyl sites for hydroxylation is 1. The lowest BCUT2D eigenvalue weighted by Gasteiger charge is -2.12. The van der Waals surface area contributed by atoms with Crippen LogP contribution in [0, 0.1) is 12.7 Å². The molecule has 146 valence electrons. The summed E-state index contributed by atoms with van der Waals surface area (Å²) in [6, 6.07) is 15.9. The molecule has 0 radical (unpaired) electrons. The first-order valence-corrected chi connectivity index (χ1v) is 9.45. The van der Waals surface area contributed by atoms with E-state index in [1.807, 2.05) is 48.9 Å². The number of amides is 1. The Morgan fingerprint density at radius 1 is 1.10 bits per heavy atom. The van der Waals surface area contributed by atoms with E-state index in [2.05, 4.69) is 10.4 Å². The molecule has 2 heterocycles. The fourth-order valence-corrected chi connectivity index (χ4v) is 3.30. The van der Waals surface area contributed by atoms with Crippen molar-refractivity contribution < 1.29 is 9.18 Å². The summed E-state index contributed by atoms with van der Waals surface area (Å²) in [5.41, 5.74) is 3.97. The number of hydrogen-bond acceptors (Lipinski definition) is 3. The van der Waals surface area contributed by atoms with Crippen LogP contribution in [-0.2, 0) is 0 Å². The maximum atomic E-state index is 13.4. The van der Waals surface area contributed by atoms with Crippen molar-refractivity contribution in [3.8, 4) is 11.3 Å². The number of rotatable bonds is 4. The number of nitrogens with one attached hydrogen (secondary N) is 1. The Labute approximate surface area is 168 Å². The number of carbonyl (C=O) groups excluding carboxylic acids is 1. The van der Waals surface area contributed by atoms with Crippen molar-refractivity contribution in [2.45, 2.75) is 26.8 Å². The number of fused-ring (bicyclic) bond motifs is 1. The molecule has 0 aliphatic carbocycles. The van der Waals surface area contributed by atoms with Crippen molar-refractivity contribution in [2.24, 2.45) is 0 Å². The quantitative estimate of drug-likeness (QED) is 0.511. The molecule has 4 aromatic rings. The van der Waals surface area contributed by atoms with Gasteiger partial charge in [0.1, 0.15) is 5.82 Å². The Hall–Kier alpha value is -3.54. The van der Waals surface area contributed by atoms with E-state index in [0.717, 1.165) is 5.56 Å². The number of nitrogens with zero attached hydrogens (tertiary/aromatic N) is 3. The van der Waals surface area contributed by atoms with E-state index in [4.69, 9.17) is 4.98 Å². The van der Waals surface area contributed by atoms with Crippen molar-refractivity contribution >= 4 is 22.6 Å². The molecule has 1 N–H and O–H groups in total. The van der Waals surface area contributed by atoms with Crippen LogP contribution < -0.4 is 5.32 Å². The van der Waals surface area contributed by atoms with Crippen molar-refractivity contribution in [2.75, 3.05) is 5.32 Å². The lowest BCUT2D eigenvalue weighted by molar-refractivity contribution is 0.102. The van der Waals surface area contributed by atoms with Crippen LogP contribution in [-0.4, -0.2) is 20.7 Å². The Morgan fingerprint density at radius 2 is 1.86 bits per heavy atom. The predicted octanol–water partition coefficient (Wildman–Crippen LogP) is 5.38. The summed E-state index contributed by atoms with van der Waals surface area (Å²) >= 11 is 0. The number of anilines is 1. The molecule has 4 rings (SSSR count). The summed E-state index contributed by atoms with van der Waals surface area (Å²) in [6.45, 7) is 5.79. The standard InChI is InChI=1S/C23H21FN4O/c1-14(2)28-22-19(13-25-28)18(12-21(26-22)16-7-5-4-6-8-16)23(29)27-20-10-9-17(24)11-15(20)3/h4-14H,1-3H3,(H,27,29). The van der Waals surface area contributed by atoms with Crippen LogP contribution in [0.25, 0.3) is 22.3 Å². The van der Waals surface area contributed by atoms with Crippen LogP contribution in [0.4, 0.5) is 10.1 Å². The van der Waals surface area contributed by atoms with E-state index in [1.165, 1.54) is 12.1 Å². The third-order valence-electron chi connectivity index (χ3n) is 4.81. The molecule has 0 aliphatic rings. The molecule has 0 saturated carbocycles. The zero-order valence-electron chi connectivity index (χ0n) is 16.5. The van der Waals surface area contributed by atoms with Gasteiger partial charge in [-0.1, -0.05) is 30.3 Å². The van der Waals surface area contributed by atoms with Gasteiger partial charge in [-0.05, 0) is 50.6 Å². The van der Waals surface area contributed by atoms with Crippen molar-refractivity contribution in [3.05, 3.63) is 77.7 Å². The monoisotopic (exact) mass is 388 g/mol. The molecule has 1 amide bonds. The Kier molecular flexibility index (Phi) is 4.84. The number of pyridine rings is 1. The molecule has 5 nitrogen and oxygen atoms in total. The first kappa shape index (κ1) is 18.8. The fourth-order valence-electron chi connectivity index (χ4n) is 3.30. The molecule has 0 saturated heterocycles. The Balaban J connectivity index is 1.85. The number of benzene rings is 2. The van der Waals surface area contributed by atoms with E-state index in [1.54, 1.807) is 25.3 Å². The summed E-state index contributed by atoms with van der Waals surface area (Å²) in [5.74, 6) is -0.621. The molecule has 0 fully saturated rings. The van der Waals surface area contributed by atoms with Crippen molar-refractivity contribution in [3.63, 3.8) is 0 Å². The SMILES string of the molecule is Cc1cc(F)ccc1NC(=O)c1cc(-c2ccccc2)nc2c1cnn2C(C)C.